The fraction of sp³-hybridized carbons (Fsp3) is 0.391. The molecule has 1 saturated heterocycles. The van der Waals surface area contributed by atoms with Crippen LogP contribution < -0.4 is 15.4 Å². The van der Waals surface area contributed by atoms with Crippen LogP contribution in [0.1, 0.15) is 50.9 Å². The Balaban J connectivity index is 1.49. The molecule has 0 atom stereocenters. The first-order valence-corrected chi connectivity index (χ1v) is 10.5. The van der Waals surface area contributed by atoms with Crippen LogP contribution in [0.15, 0.2) is 48.8 Å². The van der Waals surface area contributed by atoms with Crippen LogP contribution in [-0.4, -0.2) is 32.4 Å². The topological polar surface area (TPSA) is 67.7 Å². The van der Waals surface area contributed by atoms with Crippen molar-refractivity contribution in [1.82, 2.24) is 20.0 Å². The summed E-state index contributed by atoms with van der Waals surface area (Å²) in [7, 11) is 0. The van der Waals surface area contributed by atoms with Crippen molar-refractivity contribution in [1.29, 1.82) is 0 Å². The van der Waals surface area contributed by atoms with Gasteiger partial charge in [-0.05, 0) is 70.9 Å². The van der Waals surface area contributed by atoms with Crippen LogP contribution in [-0.2, 0) is 0 Å². The summed E-state index contributed by atoms with van der Waals surface area (Å²) in [5.74, 6) is 0.959. The molecule has 1 fully saturated rings. The van der Waals surface area contributed by atoms with Crippen LogP contribution in [0.3, 0.4) is 0 Å². The highest BCUT2D eigenvalue weighted by atomic mass is 35.5. The van der Waals surface area contributed by atoms with Crippen LogP contribution in [0.4, 0.5) is 0 Å². The highest BCUT2D eigenvalue weighted by Gasteiger charge is 2.38. The van der Waals surface area contributed by atoms with Crippen molar-refractivity contribution in [3.63, 3.8) is 0 Å². The second-order valence-electron chi connectivity index (χ2n) is 9.24. The molecule has 0 saturated carbocycles. The third kappa shape index (κ3) is 4.45. The van der Waals surface area contributed by atoms with Crippen LogP contribution >= 0.6 is 11.6 Å². The number of piperidine rings is 1. The highest BCUT2D eigenvalue weighted by molar-refractivity contribution is 6.32. The van der Waals surface area contributed by atoms with Gasteiger partial charge in [-0.25, -0.2) is 4.98 Å². The van der Waals surface area contributed by atoms with Crippen molar-refractivity contribution < 1.29 is 9.53 Å². The number of nitrogens with one attached hydrogen (secondary N) is 2. The van der Waals surface area contributed by atoms with Crippen LogP contribution in [0.25, 0.3) is 5.65 Å². The summed E-state index contributed by atoms with van der Waals surface area (Å²) in [6.45, 7) is 8.65. The summed E-state index contributed by atoms with van der Waals surface area (Å²) in [6.07, 6.45) is 5.26. The molecule has 1 aliphatic heterocycles. The lowest BCUT2D eigenvalue weighted by Crippen LogP contribution is -2.62. The lowest BCUT2D eigenvalue weighted by molar-refractivity contribution is 0.0873. The fourth-order valence-corrected chi connectivity index (χ4v) is 4.75. The number of pyridine rings is 1. The van der Waals surface area contributed by atoms with Gasteiger partial charge in [-0.15, -0.1) is 0 Å². The van der Waals surface area contributed by atoms with Crippen LogP contribution in [0.5, 0.6) is 11.6 Å². The number of hydrogen-bond acceptors (Lipinski definition) is 4. The normalized spacial score (nSPS) is 18.3. The number of nitrogens with zero attached hydrogens (tertiary/aromatic N) is 2. The van der Waals surface area contributed by atoms with E-state index < -0.39 is 0 Å². The maximum atomic E-state index is 12.9. The summed E-state index contributed by atoms with van der Waals surface area (Å²) in [5.41, 5.74) is 1.22. The van der Waals surface area contributed by atoms with Gasteiger partial charge in [0.2, 0.25) is 5.88 Å². The number of benzene rings is 1. The predicted octanol–water partition coefficient (Wildman–Crippen LogP) is 4.82. The van der Waals surface area contributed by atoms with Crippen molar-refractivity contribution in [3.05, 3.63) is 59.4 Å². The van der Waals surface area contributed by atoms with Gasteiger partial charge in [0.25, 0.3) is 5.91 Å². The Morgan fingerprint density at radius 3 is 2.63 bits per heavy atom. The van der Waals surface area contributed by atoms with E-state index in [-0.39, 0.29) is 23.0 Å². The third-order valence-electron chi connectivity index (χ3n) is 5.32. The molecule has 3 heterocycles. The van der Waals surface area contributed by atoms with Gasteiger partial charge >= 0.3 is 0 Å². The van der Waals surface area contributed by atoms with E-state index in [0.717, 1.165) is 18.5 Å². The minimum Gasteiger partial charge on any atom is -0.439 e. The molecule has 4 rings (SSSR count). The molecular formula is C23H27ClN4O2. The van der Waals surface area contributed by atoms with Gasteiger partial charge in [-0.3, -0.25) is 9.20 Å². The zero-order valence-electron chi connectivity index (χ0n) is 17.7. The van der Waals surface area contributed by atoms with Crippen molar-refractivity contribution in [2.24, 2.45) is 0 Å². The average molecular weight is 427 g/mol. The van der Waals surface area contributed by atoms with Gasteiger partial charge in [0.15, 0.2) is 0 Å². The molecule has 0 bridgehead atoms. The summed E-state index contributed by atoms with van der Waals surface area (Å²) < 4.78 is 7.80. The predicted molar refractivity (Wildman–Crippen MR) is 118 cm³/mol. The summed E-state index contributed by atoms with van der Waals surface area (Å²) in [6, 6.07) is 10.8. The Bertz CT molecular complexity index is 1070. The molecule has 2 N–H and O–H groups in total. The maximum Gasteiger partial charge on any atom is 0.251 e. The molecule has 1 aromatic carbocycles. The van der Waals surface area contributed by atoms with Gasteiger partial charge in [-0.2, -0.15) is 0 Å². The first-order valence-electron chi connectivity index (χ1n) is 10.1. The van der Waals surface area contributed by atoms with Crippen molar-refractivity contribution >= 4 is 23.2 Å². The van der Waals surface area contributed by atoms with E-state index in [0.29, 0.717) is 22.2 Å². The lowest BCUT2D eigenvalue weighted by atomic mass is 9.79. The second kappa shape index (κ2) is 7.60. The van der Waals surface area contributed by atoms with Gasteiger partial charge in [0.1, 0.15) is 11.4 Å². The Kier molecular flexibility index (Phi) is 5.24. The number of ether oxygens (including phenoxy) is 1. The van der Waals surface area contributed by atoms with Crippen molar-refractivity contribution in [3.8, 4) is 11.6 Å². The Hall–Kier alpha value is -2.57. The molecule has 0 unspecified atom stereocenters. The Morgan fingerprint density at radius 1 is 1.20 bits per heavy atom. The van der Waals surface area contributed by atoms with Crippen molar-refractivity contribution in [2.45, 2.75) is 57.7 Å². The standard InChI is InChI=1S/C23H27ClN4O2/c1-22(2)13-16(14-23(3,4)27-22)26-21(29)15-8-9-18(17(24)12-15)30-20-7-5-6-19-25-10-11-28(19)20/h5-12,16,27H,13-14H2,1-4H3,(H,26,29). The van der Waals surface area contributed by atoms with Gasteiger partial charge < -0.3 is 15.4 Å². The monoisotopic (exact) mass is 426 g/mol. The minimum atomic E-state index is -0.126. The zero-order chi connectivity index (χ0) is 21.5. The van der Waals surface area contributed by atoms with E-state index in [1.807, 2.05) is 28.8 Å². The molecule has 158 valence electrons. The van der Waals surface area contributed by atoms with E-state index in [2.05, 4.69) is 43.3 Å². The third-order valence-corrected chi connectivity index (χ3v) is 5.62. The SMILES string of the molecule is CC1(C)CC(NC(=O)c2ccc(Oc3cccc4nccn34)c(Cl)c2)CC(C)(C)N1. The van der Waals surface area contributed by atoms with Gasteiger partial charge in [0, 0.05) is 35.1 Å². The summed E-state index contributed by atoms with van der Waals surface area (Å²) >= 11 is 6.44. The molecule has 2 aromatic heterocycles. The molecule has 0 aliphatic carbocycles. The van der Waals surface area contributed by atoms with E-state index in [4.69, 9.17) is 16.3 Å². The first kappa shape index (κ1) is 20.7. The summed E-state index contributed by atoms with van der Waals surface area (Å²) in [5, 5.41) is 7.18. The fourth-order valence-electron chi connectivity index (χ4n) is 4.54. The maximum absolute atomic E-state index is 12.9. The lowest BCUT2D eigenvalue weighted by Gasteiger charge is -2.46. The molecular weight excluding hydrogens is 400 g/mol. The molecule has 1 aliphatic rings. The zero-order valence-corrected chi connectivity index (χ0v) is 18.5. The number of rotatable bonds is 4. The van der Waals surface area contributed by atoms with Crippen LogP contribution in [0.2, 0.25) is 5.02 Å². The molecule has 3 aromatic rings. The Labute approximate surface area is 181 Å². The van der Waals surface area contributed by atoms with E-state index >= 15 is 0 Å². The number of carbonyl (C=O) groups excluding carboxylic acids is 1. The molecule has 0 spiro atoms. The molecule has 30 heavy (non-hydrogen) atoms. The largest absolute Gasteiger partial charge is 0.439 e. The van der Waals surface area contributed by atoms with Crippen molar-refractivity contribution in [2.75, 3.05) is 0 Å². The van der Waals surface area contributed by atoms with Gasteiger partial charge in [0.05, 0.1) is 5.02 Å². The number of carbonyl (C=O) groups is 1. The number of hydrogen-bond donors (Lipinski definition) is 2. The molecule has 0 radical (unpaired) electrons. The average Bonchev–Trinajstić information content (AvgIpc) is 3.10. The number of halogens is 1. The quantitative estimate of drug-likeness (QED) is 0.627. The molecule has 6 nitrogen and oxygen atoms in total. The molecule has 1 amide bonds. The second-order valence-corrected chi connectivity index (χ2v) is 9.65. The number of aromatic nitrogens is 2. The first-order chi connectivity index (χ1) is 14.1. The number of imidazole rings is 1. The number of amides is 1. The van der Waals surface area contributed by atoms with E-state index in [1.54, 1.807) is 24.4 Å². The Morgan fingerprint density at radius 2 is 1.93 bits per heavy atom. The number of fused-ring (bicyclic) bond motifs is 1. The van der Waals surface area contributed by atoms with Crippen LogP contribution in [0, 0.1) is 0 Å². The smallest absolute Gasteiger partial charge is 0.251 e. The molecule has 7 heteroatoms. The minimum absolute atomic E-state index is 0.0383. The summed E-state index contributed by atoms with van der Waals surface area (Å²) in [4.78, 5) is 17.1. The van der Waals surface area contributed by atoms with Gasteiger partial charge in [-0.1, -0.05) is 17.7 Å². The highest BCUT2D eigenvalue weighted by Crippen LogP contribution is 2.31. The van der Waals surface area contributed by atoms with E-state index in [1.165, 1.54) is 0 Å². The van der Waals surface area contributed by atoms with E-state index in [9.17, 15) is 4.79 Å².